The number of rotatable bonds is 24. The summed E-state index contributed by atoms with van der Waals surface area (Å²) in [6, 6.07) is 0. The van der Waals surface area contributed by atoms with Gasteiger partial charge < -0.3 is 28.7 Å². The zero-order chi connectivity index (χ0) is 26.0. The van der Waals surface area contributed by atoms with E-state index < -0.39 is 15.2 Å². The Morgan fingerprint density at radius 1 is 0.371 bits per heavy atom. The van der Waals surface area contributed by atoms with Gasteiger partial charge in [-0.15, -0.1) is 0 Å². The minimum absolute atomic E-state index is 0. The predicted octanol–water partition coefficient (Wildman–Crippen LogP) is 6.04. The van der Waals surface area contributed by atoms with Crippen LogP contribution in [0, 0.1) is 0 Å². The molecule has 6 nitrogen and oxygen atoms in total. The van der Waals surface area contributed by atoms with Crippen molar-refractivity contribution in [1.82, 2.24) is 0 Å². The first kappa shape index (κ1) is 40.7. The summed E-state index contributed by atoms with van der Waals surface area (Å²) in [6.45, 7) is 4.45. The van der Waals surface area contributed by atoms with Gasteiger partial charge in [0.15, 0.2) is 0 Å². The fraction of sp³-hybridized carbons (Fsp3) is 1.00. The molecular weight excluding hydrogens is 677 g/mol. The minimum atomic E-state index is -4.24. The van der Waals surface area contributed by atoms with E-state index in [0.29, 0.717) is 12.8 Å². The standard InChI is InChI=1S/2C13H29O3P.Pb/c2*1-2-3-4-5-6-7-8-9-10-11-12-13-17(14,15)16;/h2*2-13H2,1H3,(H2,14,15,16);/p-4. The van der Waals surface area contributed by atoms with Gasteiger partial charge >= 0.3 is 0 Å². The summed E-state index contributed by atoms with van der Waals surface area (Å²) >= 11 is 0. The van der Waals surface area contributed by atoms with Gasteiger partial charge in [-0.25, -0.2) is 0 Å². The Bertz CT molecular complexity index is 452. The van der Waals surface area contributed by atoms with E-state index in [2.05, 4.69) is 13.8 Å². The molecule has 0 heterocycles. The Morgan fingerprint density at radius 2 is 0.543 bits per heavy atom. The average Bonchev–Trinajstić information content (AvgIpc) is 2.75. The molecule has 0 N–H and O–H groups in total. The van der Waals surface area contributed by atoms with Crippen LogP contribution >= 0.6 is 15.2 Å². The van der Waals surface area contributed by atoms with Crippen molar-refractivity contribution in [1.29, 1.82) is 0 Å². The maximum absolute atomic E-state index is 10.4. The van der Waals surface area contributed by atoms with Crippen LogP contribution in [0.4, 0.5) is 0 Å². The SMILES string of the molecule is CCCCCCCCCCCCCP(=O)([O-])[O-].CCCCCCCCCCCCCP(=O)([O-])[O-].[Pb]. The van der Waals surface area contributed by atoms with E-state index in [1.54, 1.807) is 0 Å². The molecule has 0 fully saturated rings. The fourth-order valence-electron chi connectivity index (χ4n) is 3.94. The molecule has 35 heavy (non-hydrogen) atoms. The van der Waals surface area contributed by atoms with Crippen molar-refractivity contribution < 1.29 is 28.7 Å². The van der Waals surface area contributed by atoms with Crippen LogP contribution in [0.3, 0.4) is 0 Å². The summed E-state index contributed by atoms with van der Waals surface area (Å²) in [5, 5.41) is 0. The molecule has 0 aliphatic heterocycles. The van der Waals surface area contributed by atoms with E-state index in [9.17, 15) is 28.7 Å². The Balaban J connectivity index is -0.000000569. The predicted molar refractivity (Wildman–Crippen MR) is 144 cm³/mol. The second kappa shape index (κ2) is 29.8. The summed E-state index contributed by atoms with van der Waals surface area (Å²) in [5.41, 5.74) is 0. The first-order valence-corrected chi connectivity index (χ1v) is 17.6. The van der Waals surface area contributed by atoms with Crippen LogP contribution in [0.2, 0.25) is 0 Å². The minimum Gasteiger partial charge on any atom is -0.811 e. The molecule has 0 aliphatic rings. The van der Waals surface area contributed by atoms with Crippen molar-refractivity contribution in [3.8, 4) is 0 Å². The van der Waals surface area contributed by atoms with Gasteiger partial charge in [-0.1, -0.05) is 157 Å². The molecule has 4 radical (unpaired) electrons. The van der Waals surface area contributed by atoms with Gasteiger partial charge in [0, 0.05) is 27.3 Å². The monoisotopic (exact) mass is 732 g/mol. The van der Waals surface area contributed by atoms with Gasteiger partial charge in [0.05, 0.1) is 0 Å². The van der Waals surface area contributed by atoms with Crippen LogP contribution in [0.15, 0.2) is 0 Å². The molecular formula is C26H54O6P2Pb-4. The molecule has 0 bridgehead atoms. The van der Waals surface area contributed by atoms with Gasteiger partial charge in [-0.3, -0.25) is 0 Å². The van der Waals surface area contributed by atoms with Gasteiger partial charge in [0.1, 0.15) is 0 Å². The molecule has 0 aromatic carbocycles. The Morgan fingerprint density at radius 3 is 0.714 bits per heavy atom. The van der Waals surface area contributed by atoms with Crippen LogP contribution in [0.25, 0.3) is 0 Å². The normalized spacial score (nSPS) is 11.6. The summed E-state index contributed by atoms with van der Waals surface area (Å²) in [4.78, 5) is 41.5. The van der Waals surface area contributed by atoms with Crippen molar-refractivity contribution in [2.75, 3.05) is 12.3 Å². The largest absolute Gasteiger partial charge is 0.811 e. The van der Waals surface area contributed by atoms with Gasteiger partial charge in [0.2, 0.25) is 0 Å². The quantitative estimate of drug-likeness (QED) is 0.0677. The second-order valence-electron chi connectivity index (χ2n) is 9.74. The molecule has 0 amide bonds. The first-order valence-electron chi connectivity index (χ1n) is 14.1. The fourth-order valence-corrected chi connectivity index (χ4v) is 5.16. The van der Waals surface area contributed by atoms with Crippen molar-refractivity contribution in [3.63, 3.8) is 0 Å². The smallest absolute Gasteiger partial charge is 0 e. The van der Waals surface area contributed by atoms with Crippen LogP contribution < -0.4 is 19.6 Å². The first-order chi connectivity index (χ1) is 16.1. The summed E-state index contributed by atoms with van der Waals surface area (Å²) in [7, 11) is -8.49. The van der Waals surface area contributed by atoms with E-state index in [0.717, 1.165) is 25.7 Å². The van der Waals surface area contributed by atoms with E-state index in [1.165, 1.54) is 103 Å². The van der Waals surface area contributed by atoms with Crippen LogP contribution in [0.1, 0.15) is 155 Å². The van der Waals surface area contributed by atoms with E-state index in [-0.39, 0.29) is 39.6 Å². The van der Waals surface area contributed by atoms with E-state index in [4.69, 9.17) is 0 Å². The maximum atomic E-state index is 10.4. The molecule has 0 aliphatic carbocycles. The third-order valence-corrected chi connectivity index (χ3v) is 7.80. The third-order valence-electron chi connectivity index (χ3n) is 6.07. The summed E-state index contributed by atoms with van der Waals surface area (Å²) < 4.78 is 20.7. The molecule has 0 saturated carbocycles. The summed E-state index contributed by atoms with van der Waals surface area (Å²) in [5.74, 6) is 0. The Hall–Kier alpha value is 1.22. The molecule has 212 valence electrons. The second-order valence-corrected chi connectivity index (χ2v) is 13.1. The Kier molecular flexibility index (Phi) is 34.6. The Labute approximate surface area is 237 Å². The van der Waals surface area contributed by atoms with Crippen molar-refractivity contribution in [3.05, 3.63) is 0 Å². The van der Waals surface area contributed by atoms with Gasteiger partial charge in [-0.05, 0) is 25.2 Å². The zero-order valence-corrected chi connectivity index (χ0v) is 28.5. The molecule has 0 unspecified atom stereocenters. The average molecular weight is 732 g/mol. The maximum Gasteiger partial charge on any atom is 0 e. The molecule has 0 atom stereocenters. The molecule has 9 heteroatoms. The molecule has 0 saturated heterocycles. The van der Waals surface area contributed by atoms with Gasteiger partial charge in [-0.2, -0.15) is 0 Å². The third kappa shape index (κ3) is 45.5. The van der Waals surface area contributed by atoms with Crippen LogP contribution in [-0.2, 0) is 9.13 Å². The van der Waals surface area contributed by atoms with Crippen molar-refractivity contribution >= 4 is 42.5 Å². The molecule has 0 rings (SSSR count). The molecule has 0 aromatic rings. The van der Waals surface area contributed by atoms with Crippen molar-refractivity contribution in [2.45, 2.75) is 155 Å². The van der Waals surface area contributed by atoms with Gasteiger partial charge in [0.25, 0.3) is 0 Å². The van der Waals surface area contributed by atoms with Crippen molar-refractivity contribution in [2.24, 2.45) is 0 Å². The van der Waals surface area contributed by atoms with E-state index >= 15 is 0 Å². The topological polar surface area (TPSA) is 126 Å². The summed E-state index contributed by atoms with van der Waals surface area (Å²) in [6.07, 6.45) is 25.5. The number of unbranched alkanes of at least 4 members (excludes halogenated alkanes) is 20. The number of hydrogen-bond acceptors (Lipinski definition) is 6. The molecule has 0 spiro atoms. The van der Waals surface area contributed by atoms with Crippen LogP contribution in [-0.4, -0.2) is 39.6 Å². The molecule has 0 aromatic heterocycles. The van der Waals surface area contributed by atoms with Crippen LogP contribution in [0.5, 0.6) is 0 Å². The number of hydrogen-bond donors (Lipinski definition) is 0. The van der Waals surface area contributed by atoms with E-state index in [1.807, 2.05) is 0 Å². The zero-order valence-electron chi connectivity index (χ0n) is 22.8.